The molecule has 0 heterocycles. The van der Waals surface area contributed by atoms with Crippen LogP contribution in [0.25, 0.3) is 0 Å². The van der Waals surface area contributed by atoms with Gasteiger partial charge in [0.2, 0.25) is 0 Å². The molecule has 2 atom stereocenters. The lowest BCUT2D eigenvalue weighted by Crippen LogP contribution is -2.51. The molecule has 0 bridgehead atoms. The van der Waals surface area contributed by atoms with Crippen molar-refractivity contribution in [3.05, 3.63) is 11.6 Å². The molecule has 0 aromatic rings. The lowest BCUT2D eigenvalue weighted by atomic mass is 9.51. The second kappa shape index (κ2) is 9.58. The van der Waals surface area contributed by atoms with E-state index in [0.717, 1.165) is 12.5 Å². The first-order chi connectivity index (χ1) is 12.0. The minimum absolute atomic E-state index is 0.536. The molecule has 2 unspecified atom stereocenters. The summed E-state index contributed by atoms with van der Waals surface area (Å²) in [5.74, 6) is 1.64. The van der Waals surface area contributed by atoms with Crippen LogP contribution in [0.3, 0.4) is 0 Å². The third-order valence-electron chi connectivity index (χ3n) is 8.34. The van der Waals surface area contributed by atoms with Gasteiger partial charge in [0.05, 0.1) is 0 Å². The van der Waals surface area contributed by atoms with Crippen molar-refractivity contribution in [3.8, 4) is 0 Å². The second-order valence-corrected chi connectivity index (χ2v) is 9.34. The molecule has 1 nitrogen and oxygen atoms in total. The van der Waals surface area contributed by atoms with Crippen LogP contribution < -0.4 is 5.32 Å². The van der Waals surface area contributed by atoms with Gasteiger partial charge in [0.15, 0.2) is 0 Å². The molecule has 0 amide bonds. The zero-order chi connectivity index (χ0) is 18.3. The van der Waals surface area contributed by atoms with Gasteiger partial charge in [-0.25, -0.2) is 0 Å². The van der Waals surface area contributed by atoms with Crippen molar-refractivity contribution in [1.82, 2.24) is 5.32 Å². The highest BCUT2D eigenvalue weighted by Crippen LogP contribution is 2.58. The van der Waals surface area contributed by atoms with Crippen molar-refractivity contribution >= 4 is 0 Å². The van der Waals surface area contributed by atoms with Crippen molar-refractivity contribution in [2.45, 2.75) is 105 Å². The molecule has 0 saturated heterocycles. The standard InChI is InChI=1S/C24H45N/c1-6-21(7-2)20(4)18-25-19-24(16-12-9-13-17-24)23(5,8-3)22-14-10-11-15-22/h6,20,22,25H,7-19H2,1-5H3/b21-6+. The molecule has 2 aliphatic carbocycles. The SMILES string of the molecule is C/C=C(\CC)C(C)CNCC1(C(C)(CC)C2CCCC2)CCCCC1. The van der Waals surface area contributed by atoms with Gasteiger partial charge in [0.25, 0.3) is 0 Å². The maximum Gasteiger partial charge on any atom is 0.00144 e. The average Bonchev–Trinajstić information content (AvgIpc) is 3.18. The van der Waals surface area contributed by atoms with Gasteiger partial charge < -0.3 is 5.32 Å². The number of hydrogen-bond donors (Lipinski definition) is 1. The van der Waals surface area contributed by atoms with E-state index in [4.69, 9.17) is 0 Å². The van der Waals surface area contributed by atoms with Crippen molar-refractivity contribution in [2.24, 2.45) is 22.7 Å². The Hall–Kier alpha value is -0.300. The van der Waals surface area contributed by atoms with E-state index < -0.39 is 0 Å². The van der Waals surface area contributed by atoms with E-state index in [2.05, 4.69) is 46.0 Å². The molecular weight excluding hydrogens is 302 g/mol. The fourth-order valence-electron chi connectivity index (χ4n) is 6.33. The summed E-state index contributed by atoms with van der Waals surface area (Å²) in [4.78, 5) is 0. The van der Waals surface area contributed by atoms with E-state index in [1.165, 1.54) is 77.2 Å². The first-order valence-electron chi connectivity index (χ1n) is 11.4. The minimum Gasteiger partial charge on any atom is -0.316 e. The largest absolute Gasteiger partial charge is 0.316 e. The van der Waals surface area contributed by atoms with Gasteiger partial charge in [-0.1, -0.05) is 71.4 Å². The Labute approximate surface area is 158 Å². The molecular formula is C24H45N. The molecule has 146 valence electrons. The van der Waals surface area contributed by atoms with Crippen LogP contribution in [0.4, 0.5) is 0 Å². The molecule has 0 aromatic carbocycles. The number of rotatable bonds is 9. The van der Waals surface area contributed by atoms with Crippen LogP contribution >= 0.6 is 0 Å². The molecule has 25 heavy (non-hydrogen) atoms. The van der Waals surface area contributed by atoms with Gasteiger partial charge in [0.1, 0.15) is 0 Å². The molecule has 0 aliphatic heterocycles. The zero-order valence-corrected chi connectivity index (χ0v) is 17.9. The Morgan fingerprint density at radius 2 is 1.76 bits per heavy atom. The Kier molecular flexibility index (Phi) is 8.05. The molecule has 2 fully saturated rings. The molecule has 0 spiro atoms. The van der Waals surface area contributed by atoms with Crippen LogP contribution in [0.15, 0.2) is 11.6 Å². The van der Waals surface area contributed by atoms with E-state index in [1.54, 1.807) is 5.57 Å². The highest BCUT2D eigenvalue weighted by Gasteiger charge is 2.51. The Balaban J connectivity index is 2.08. The van der Waals surface area contributed by atoms with Crippen LogP contribution in [0.2, 0.25) is 0 Å². The Morgan fingerprint density at radius 3 is 2.28 bits per heavy atom. The molecule has 2 aliphatic rings. The first kappa shape index (κ1) is 21.0. The second-order valence-electron chi connectivity index (χ2n) is 9.34. The van der Waals surface area contributed by atoms with Crippen LogP contribution in [0.1, 0.15) is 105 Å². The van der Waals surface area contributed by atoms with Crippen molar-refractivity contribution in [3.63, 3.8) is 0 Å². The highest BCUT2D eigenvalue weighted by molar-refractivity contribution is 5.05. The fraction of sp³-hybridized carbons (Fsp3) is 0.917. The van der Waals surface area contributed by atoms with E-state index in [-0.39, 0.29) is 0 Å². The van der Waals surface area contributed by atoms with Crippen molar-refractivity contribution < 1.29 is 0 Å². The molecule has 2 rings (SSSR count). The number of allylic oxidation sites excluding steroid dienone is 1. The van der Waals surface area contributed by atoms with E-state index in [1.807, 2.05) is 0 Å². The fourth-order valence-corrected chi connectivity index (χ4v) is 6.33. The quantitative estimate of drug-likeness (QED) is 0.438. The monoisotopic (exact) mass is 347 g/mol. The summed E-state index contributed by atoms with van der Waals surface area (Å²) in [5.41, 5.74) is 2.69. The smallest absolute Gasteiger partial charge is 0.00144 e. The number of nitrogens with one attached hydrogen (secondary N) is 1. The van der Waals surface area contributed by atoms with Crippen LogP contribution in [-0.4, -0.2) is 13.1 Å². The average molecular weight is 348 g/mol. The normalized spacial score (nSPS) is 25.7. The maximum absolute atomic E-state index is 3.97. The lowest BCUT2D eigenvalue weighted by molar-refractivity contribution is -0.0397. The van der Waals surface area contributed by atoms with Crippen LogP contribution in [-0.2, 0) is 0 Å². The molecule has 0 radical (unpaired) electrons. The summed E-state index contributed by atoms with van der Waals surface area (Å²) in [5, 5.41) is 3.97. The summed E-state index contributed by atoms with van der Waals surface area (Å²) >= 11 is 0. The summed E-state index contributed by atoms with van der Waals surface area (Å²) in [7, 11) is 0. The van der Waals surface area contributed by atoms with E-state index >= 15 is 0 Å². The molecule has 0 aromatic heterocycles. The first-order valence-corrected chi connectivity index (χ1v) is 11.4. The van der Waals surface area contributed by atoms with Crippen LogP contribution in [0, 0.1) is 22.7 Å². The molecule has 2 saturated carbocycles. The van der Waals surface area contributed by atoms with Gasteiger partial charge in [-0.3, -0.25) is 0 Å². The Bertz CT molecular complexity index is 412. The van der Waals surface area contributed by atoms with Crippen molar-refractivity contribution in [1.29, 1.82) is 0 Å². The van der Waals surface area contributed by atoms with Gasteiger partial charge in [-0.05, 0) is 68.1 Å². The summed E-state index contributed by atoms with van der Waals surface area (Å²) < 4.78 is 0. The maximum atomic E-state index is 3.97. The third kappa shape index (κ3) is 4.52. The summed E-state index contributed by atoms with van der Waals surface area (Å²) in [6, 6.07) is 0. The minimum atomic E-state index is 0.536. The zero-order valence-electron chi connectivity index (χ0n) is 17.9. The predicted molar refractivity (Wildman–Crippen MR) is 112 cm³/mol. The third-order valence-corrected chi connectivity index (χ3v) is 8.34. The molecule has 1 heteroatoms. The lowest BCUT2D eigenvalue weighted by Gasteiger charge is -2.55. The van der Waals surface area contributed by atoms with Crippen molar-refractivity contribution in [2.75, 3.05) is 13.1 Å². The van der Waals surface area contributed by atoms with Gasteiger partial charge in [-0.2, -0.15) is 0 Å². The van der Waals surface area contributed by atoms with E-state index in [9.17, 15) is 0 Å². The topological polar surface area (TPSA) is 12.0 Å². The number of hydrogen-bond acceptors (Lipinski definition) is 1. The summed E-state index contributed by atoms with van der Waals surface area (Å²) in [6.07, 6.45) is 18.1. The van der Waals surface area contributed by atoms with Gasteiger partial charge in [0, 0.05) is 13.1 Å². The Morgan fingerprint density at radius 1 is 1.12 bits per heavy atom. The predicted octanol–water partition coefficient (Wildman–Crippen LogP) is 7.13. The summed E-state index contributed by atoms with van der Waals surface area (Å²) in [6.45, 7) is 14.4. The molecule has 1 N–H and O–H groups in total. The van der Waals surface area contributed by atoms with Crippen LogP contribution in [0.5, 0.6) is 0 Å². The van der Waals surface area contributed by atoms with E-state index in [0.29, 0.717) is 16.7 Å². The van der Waals surface area contributed by atoms with Gasteiger partial charge >= 0.3 is 0 Å². The highest BCUT2D eigenvalue weighted by atomic mass is 14.9. The van der Waals surface area contributed by atoms with Gasteiger partial charge in [-0.15, -0.1) is 0 Å².